The number of hydrogen-bond acceptors (Lipinski definition) is 4. The van der Waals surface area contributed by atoms with Crippen molar-refractivity contribution >= 4 is 21.6 Å². The van der Waals surface area contributed by atoms with Crippen LogP contribution >= 0.6 is 0 Å². The lowest BCUT2D eigenvalue weighted by molar-refractivity contribution is -0.120. The van der Waals surface area contributed by atoms with Crippen LogP contribution in [-0.4, -0.2) is 38.3 Å². The molecular formula is C22H28FN3O3S. The molecular weight excluding hydrogens is 405 g/mol. The zero-order valence-electron chi connectivity index (χ0n) is 17.1. The molecule has 0 spiro atoms. The summed E-state index contributed by atoms with van der Waals surface area (Å²) in [6.07, 6.45) is 3.87. The number of hydrogen-bond donors (Lipinski definition) is 2. The molecule has 0 aromatic heterocycles. The first-order valence-electron chi connectivity index (χ1n) is 10.3. The van der Waals surface area contributed by atoms with Crippen LogP contribution in [-0.2, 0) is 14.8 Å². The smallest absolute Gasteiger partial charge is 0.243 e. The zero-order valence-corrected chi connectivity index (χ0v) is 17.9. The third kappa shape index (κ3) is 5.79. The molecule has 0 bridgehead atoms. The number of sulfonamides is 1. The Labute approximate surface area is 177 Å². The molecule has 1 unspecified atom stereocenters. The molecule has 0 radical (unpaired) electrons. The number of halogens is 1. The Morgan fingerprint density at radius 3 is 2.40 bits per heavy atom. The summed E-state index contributed by atoms with van der Waals surface area (Å²) in [5.74, 6) is -0.568. The second-order valence-electron chi connectivity index (χ2n) is 7.54. The molecule has 3 rings (SSSR count). The highest BCUT2D eigenvalue weighted by Crippen LogP contribution is 2.22. The van der Waals surface area contributed by atoms with Gasteiger partial charge in [-0.15, -0.1) is 0 Å². The van der Waals surface area contributed by atoms with E-state index in [4.69, 9.17) is 0 Å². The highest BCUT2D eigenvalue weighted by Gasteiger charge is 2.25. The van der Waals surface area contributed by atoms with Crippen LogP contribution in [0.25, 0.3) is 0 Å². The van der Waals surface area contributed by atoms with Crippen LogP contribution in [0.4, 0.5) is 10.1 Å². The summed E-state index contributed by atoms with van der Waals surface area (Å²) in [5, 5.41) is 5.82. The van der Waals surface area contributed by atoms with Gasteiger partial charge >= 0.3 is 0 Å². The fourth-order valence-electron chi connectivity index (χ4n) is 3.51. The largest absolute Gasteiger partial charge is 0.376 e. The topological polar surface area (TPSA) is 78.5 Å². The molecule has 2 aromatic rings. The molecule has 2 N–H and O–H groups in total. The first-order valence-corrected chi connectivity index (χ1v) is 11.7. The van der Waals surface area contributed by atoms with E-state index in [9.17, 15) is 17.6 Å². The number of amides is 1. The van der Waals surface area contributed by atoms with Crippen molar-refractivity contribution in [2.24, 2.45) is 0 Å². The van der Waals surface area contributed by atoms with Gasteiger partial charge in [-0.1, -0.05) is 31.0 Å². The molecule has 0 saturated carbocycles. The summed E-state index contributed by atoms with van der Waals surface area (Å²) < 4.78 is 40.5. The zero-order chi connectivity index (χ0) is 21.6. The van der Waals surface area contributed by atoms with Crippen LogP contribution in [0.3, 0.4) is 0 Å². The summed E-state index contributed by atoms with van der Waals surface area (Å²) in [4.78, 5) is 12.5. The van der Waals surface area contributed by atoms with E-state index in [2.05, 4.69) is 10.6 Å². The number of nitrogens with zero attached hydrogens (tertiary/aromatic N) is 1. The quantitative estimate of drug-likeness (QED) is 0.698. The first kappa shape index (κ1) is 22.2. The van der Waals surface area contributed by atoms with Crippen LogP contribution in [0.2, 0.25) is 0 Å². The summed E-state index contributed by atoms with van der Waals surface area (Å²) in [7, 11) is -3.54. The molecule has 1 saturated heterocycles. The molecule has 8 heteroatoms. The summed E-state index contributed by atoms with van der Waals surface area (Å²) >= 11 is 0. The third-order valence-electron chi connectivity index (χ3n) is 5.24. The molecule has 1 atom stereocenters. The Hall–Kier alpha value is -2.45. The van der Waals surface area contributed by atoms with Crippen molar-refractivity contribution in [3.05, 3.63) is 59.9 Å². The lowest BCUT2D eigenvalue weighted by atomic mass is 10.1. The molecule has 162 valence electrons. The van der Waals surface area contributed by atoms with Gasteiger partial charge in [-0.25, -0.2) is 12.8 Å². The van der Waals surface area contributed by atoms with E-state index in [1.807, 2.05) is 6.92 Å². The van der Waals surface area contributed by atoms with Crippen LogP contribution in [0.15, 0.2) is 53.4 Å². The molecule has 0 aliphatic carbocycles. The van der Waals surface area contributed by atoms with E-state index in [1.54, 1.807) is 40.7 Å². The van der Waals surface area contributed by atoms with Gasteiger partial charge in [-0.2, -0.15) is 4.31 Å². The predicted octanol–water partition coefficient (Wildman–Crippen LogP) is 3.68. The van der Waals surface area contributed by atoms with Crippen molar-refractivity contribution in [3.8, 4) is 0 Å². The maximum Gasteiger partial charge on any atom is 0.243 e. The van der Waals surface area contributed by atoms with Crippen LogP contribution in [0.1, 0.15) is 44.2 Å². The molecule has 1 heterocycles. The van der Waals surface area contributed by atoms with E-state index in [0.29, 0.717) is 18.8 Å². The van der Waals surface area contributed by atoms with Gasteiger partial charge in [0.25, 0.3) is 0 Å². The number of nitrogens with one attached hydrogen (secondary N) is 2. The average Bonchev–Trinajstić information content (AvgIpc) is 3.03. The van der Waals surface area contributed by atoms with Gasteiger partial charge < -0.3 is 10.6 Å². The van der Waals surface area contributed by atoms with Crippen molar-refractivity contribution in [3.63, 3.8) is 0 Å². The number of carbonyl (C=O) groups is 1. The van der Waals surface area contributed by atoms with Crippen LogP contribution < -0.4 is 10.6 Å². The fourth-order valence-corrected chi connectivity index (χ4v) is 5.07. The molecule has 2 aromatic carbocycles. The van der Waals surface area contributed by atoms with E-state index >= 15 is 0 Å². The maximum absolute atomic E-state index is 13.0. The van der Waals surface area contributed by atoms with Gasteiger partial charge in [0.2, 0.25) is 15.9 Å². The first-order chi connectivity index (χ1) is 14.4. The highest BCUT2D eigenvalue weighted by molar-refractivity contribution is 7.89. The van der Waals surface area contributed by atoms with Crippen molar-refractivity contribution in [2.75, 3.05) is 25.0 Å². The molecule has 1 fully saturated rings. The van der Waals surface area contributed by atoms with Gasteiger partial charge in [0.05, 0.1) is 17.5 Å². The monoisotopic (exact) mass is 433 g/mol. The van der Waals surface area contributed by atoms with Gasteiger partial charge in [0, 0.05) is 18.8 Å². The van der Waals surface area contributed by atoms with E-state index < -0.39 is 10.0 Å². The second-order valence-corrected chi connectivity index (χ2v) is 9.48. The van der Waals surface area contributed by atoms with Crippen LogP contribution in [0.5, 0.6) is 0 Å². The number of benzene rings is 2. The maximum atomic E-state index is 13.0. The number of anilines is 1. The van der Waals surface area contributed by atoms with E-state index in [0.717, 1.165) is 31.2 Å². The van der Waals surface area contributed by atoms with Gasteiger partial charge in [0.15, 0.2) is 0 Å². The summed E-state index contributed by atoms with van der Waals surface area (Å²) in [6.45, 7) is 2.91. The minimum absolute atomic E-state index is 0.00124. The molecule has 1 aliphatic rings. The molecule has 30 heavy (non-hydrogen) atoms. The summed E-state index contributed by atoms with van der Waals surface area (Å²) in [5.41, 5.74) is 1.37. The second kappa shape index (κ2) is 10.0. The summed E-state index contributed by atoms with van der Waals surface area (Å²) in [6, 6.07) is 12.3. The Bertz CT molecular complexity index is 956. The molecule has 1 amide bonds. The van der Waals surface area contributed by atoms with Gasteiger partial charge in [0.1, 0.15) is 5.82 Å². The fraction of sp³-hybridized carbons (Fsp3) is 0.409. The number of rotatable bonds is 7. The molecule has 1 aliphatic heterocycles. The SMILES string of the molecule is CC(NC(=O)CNc1cccc(S(=O)(=O)N2CCCCCC2)c1)c1ccc(F)cc1. The Kier molecular flexibility index (Phi) is 7.44. The standard InChI is InChI=1S/C22H28FN3O3S/c1-17(18-9-11-19(23)12-10-18)25-22(27)16-24-20-7-6-8-21(15-20)30(28,29)26-13-4-2-3-5-14-26/h6-12,15,17,24H,2-5,13-14,16H2,1H3,(H,25,27). The van der Waals surface area contributed by atoms with E-state index in [1.165, 1.54) is 12.1 Å². The Balaban J connectivity index is 1.59. The average molecular weight is 434 g/mol. The minimum atomic E-state index is -3.54. The molecule has 6 nitrogen and oxygen atoms in total. The third-order valence-corrected chi connectivity index (χ3v) is 7.13. The lowest BCUT2D eigenvalue weighted by Crippen LogP contribution is -2.32. The van der Waals surface area contributed by atoms with Crippen molar-refractivity contribution in [1.82, 2.24) is 9.62 Å². The van der Waals surface area contributed by atoms with Crippen LogP contribution in [0, 0.1) is 5.82 Å². The van der Waals surface area contributed by atoms with Crippen molar-refractivity contribution < 1.29 is 17.6 Å². The minimum Gasteiger partial charge on any atom is -0.376 e. The highest BCUT2D eigenvalue weighted by atomic mass is 32.2. The van der Waals surface area contributed by atoms with Crippen molar-refractivity contribution in [1.29, 1.82) is 0 Å². The van der Waals surface area contributed by atoms with Gasteiger partial charge in [-0.3, -0.25) is 4.79 Å². The normalized spacial score (nSPS) is 16.5. The predicted molar refractivity (Wildman–Crippen MR) is 115 cm³/mol. The lowest BCUT2D eigenvalue weighted by Gasteiger charge is -2.20. The Morgan fingerprint density at radius 2 is 1.73 bits per heavy atom. The van der Waals surface area contributed by atoms with Crippen molar-refractivity contribution in [2.45, 2.75) is 43.5 Å². The number of carbonyl (C=O) groups excluding carboxylic acids is 1. The van der Waals surface area contributed by atoms with E-state index in [-0.39, 0.29) is 29.2 Å². The Morgan fingerprint density at radius 1 is 1.07 bits per heavy atom. The van der Waals surface area contributed by atoms with Gasteiger partial charge in [-0.05, 0) is 55.7 Å².